The molecule has 0 radical (unpaired) electrons. The van der Waals surface area contributed by atoms with E-state index < -0.39 is 0 Å². The Labute approximate surface area is 80.3 Å². The SMILES string of the molecule is O=C(C=CO)c1cc2ccccc2o1. The fourth-order valence-electron chi connectivity index (χ4n) is 1.25. The van der Waals surface area contributed by atoms with Gasteiger partial charge in [0.15, 0.2) is 5.76 Å². The van der Waals surface area contributed by atoms with Crippen LogP contribution in [0.2, 0.25) is 0 Å². The number of aliphatic hydroxyl groups is 1. The highest BCUT2D eigenvalue weighted by Crippen LogP contribution is 2.19. The third-order valence-corrected chi connectivity index (χ3v) is 1.89. The van der Waals surface area contributed by atoms with E-state index in [4.69, 9.17) is 9.52 Å². The molecule has 1 aromatic carbocycles. The number of allylic oxidation sites excluding steroid dienone is 1. The minimum absolute atomic E-state index is 0.233. The first-order valence-corrected chi connectivity index (χ1v) is 4.15. The van der Waals surface area contributed by atoms with Crippen LogP contribution in [0.1, 0.15) is 10.6 Å². The number of rotatable bonds is 2. The summed E-state index contributed by atoms with van der Waals surface area (Å²) in [4.78, 5) is 11.3. The summed E-state index contributed by atoms with van der Waals surface area (Å²) in [5.41, 5.74) is 0.669. The van der Waals surface area contributed by atoms with E-state index in [0.717, 1.165) is 11.5 Å². The van der Waals surface area contributed by atoms with Crippen LogP contribution in [0, 0.1) is 0 Å². The fraction of sp³-hybridized carbons (Fsp3) is 0. The minimum atomic E-state index is -0.344. The van der Waals surface area contributed by atoms with Gasteiger partial charge < -0.3 is 9.52 Å². The lowest BCUT2D eigenvalue weighted by Gasteiger charge is -1.85. The lowest BCUT2D eigenvalue weighted by atomic mass is 10.2. The number of benzene rings is 1. The topological polar surface area (TPSA) is 50.4 Å². The van der Waals surface area contributed by atoms with E-state index >= 15 is 0 Å². The van der Waals surface area contributed by atoms with E-state index in [0.29, 0.717) is 11.8 Å². The average molecular weight is 188 g/mol. The fourth-order valence-corrected chi connectivity index (χ4v) is 1.25. The second-order valence-electron chi connectivity index (χ2n) is 2.83. The number of aliphatic hydroxyl groups excluding tert-OH is 1. The molecule has 0 atom stereocenters. The molecule has 0 saturated heterocycles. The molecule has 70 valence electrons. The summed E-state index contributed by atoms with van der Waals surface area (Å²) in [6.45, 7) is 0. The van der Waals surface area contributed by atoms with Gasteiger partial charge in [-0.25, -0.2) is 0 Å². The second-order valence-corrected chi connectivity index (χ2v) is 2.83. The van der Waals surface area contributed by atoms with Crippen molar-refractivity contribution in [2.75, 3.05) is 0 Å². The van der Waals surface area contributed by atoms with Crippen LogP contribution in [-0.4, -0.2) is 10.9 Å². The molecule has 14 heavy (non-hydrogen) atoms. The Hall–Kier alpha value is -2.03. The molecule has 0 fully saturated rings. The van der Waals surface area contributed by atoms with Gasteiger partial charge in [-0.15, -0.1) is 0 Å². The van der Waals surface area contributed by atoms with Crippen molar-refractivity contribution < 1.29 is 14.3 Å². The second kappa shape index (κ2) is 3.38. The van der Waals surface area contributed by atoms with Gasteiger partial charge in [0.2, 0.25) is 5.78 Å². The first-order valence-electron chi connectivity index (χ1n) is 4.15. The van der Waals surface area contributed by atoms with Gasteiger partial charge in [-0.2, -0.15) is 0 Å². The normalized spacial score (nSPS) is 11.1. The molecular formula is C11H8O3. The first kappa shape index (κ1) is 8.56. The van der Waals surface area contributed by atoms with Gasteiger partial charge in [-0.3, -0.25) is 4.79 Å². The number of ketones is 1. The Kier molecular flexibility index (Phi) is 2.07. The molecule has 2 aromatic rings. The molecule has 0 aliphatic carbocycles. The molecule has 3 heteroatoms. The lowest BCUT2D eigenvalue weighted by molar-refractivity contribution is 0.102. The highest BCUT2D eigenvalue weighted by molar-refractivity contribution is 6.04. The monoisotopic (exact) mass is 188 g/mol. The van der Waals surface area contributed by atoms with Crippen molar-refractivity contribution in [1.82, 2.24) is 0 Å². The van der Waals surface area contributed by atoms with Crippen molar-refractivity contribution in [2.24, 2.45) is 0 Å². The van der Waals surface area contributed by atoms with E-state index in [1.165, 1.54) is 0 Å². The van der Waals surface area contributed by atoms with Crippen LogP contribution in [-0.2, 0) is 0 Å². The number of hydrogen-bond acceptors (Lipinski definition) is 3. The van der Waals surface area contributed by atoms with Crippen molar-refractivity contribution in [3.8, 4) is 0 Å². The van der Waals surface area contributed by atoms with Crippen molar-refractivity contribution in [1.29, 1.82) is 0 Å². The molecule has 1 N–H and O–H groups in total. The molecule has 3 nitrogen and oxygen atoms in total. The molecule has 1 aromatic heterocycles. The highest BCUT2D eigenvalue weighted by Gasteiger charge is 2.08. The Balaban J connectivity index is 2.50. The van der Waals surface area contributed by atoms with Crippen molar-refractivity contribution in [2.45, 2.75) is 0 Å². The number of carbonyl (C=O) groups is 1. The molecule has 1 heterocycles. The zero-order valence-electron chi connectivity index (χ0n) is 7.31. The van der Waals surface area contributed by atoms with Gasteiger partial charge in [0.1, 0.15) is 5.58 Å². The van der Waals surface area contributed by atoms with Gasteiger partial charge in [-0.1, -0.05) is 18.2 Å². The van der Waals surface area contributed by atoms with E-state index in [2.05, 4.69) is 0 Å². The maximum Gasteiger partial charge on any atom is 0.224 e. The van der Waals surface area contributed by atoms with Crippen molar-refractivity contribution in [3.63, 3.8) is 0 Å². The average Bonchev–Trinajstić information content (AvgIpc) is 2.61. The first-order chi connectivity index (χ1) is 6.81. The molecule has 0 amide bonds. The van der Waals surface area contributed by atoms with Crippen LogP contribution >= 0.6 is 0 Å². The van der Waals surface area contributed by atoms with Crippen LogP contribution in [0.15, 0.2) is 47.1 Å². The van der Waals surface area contributed by atoms with E-state index in [1.807, 2.05) is 18.2 Å². The number of hydrogen-bond donors (Lipinski definition) is 1. The largest absolute Gasteiger partial charge is 0.515 e. The molecule has 0 bridgehead atoms. The van der Waals surface area contributed by atoms with Crippen LogP contribution in [0.3, 0.4) is 0 Å². The number of furan rings is 1. The summed E-state index contributed by atoms with van der Waals surface area (Å²) in [7, 11) is 0. The number of para-hydroxylation sites is 1. The highest BCUT2D eigenvalue weighted by atomic mass is 16.3. The molecule has 0 unspecified atom stereocenters. The summed E-state index contributed by atoms with van der Waals surface area (Å²) >= 11 is 0. The molecule has 2 rings (SSSR count). The molecule has 0 aliphatic rings. The summed E-state index contributed by atoms with van der Waals surface area (Å²) in [6, 6.07) is 9.00. The van der Waals surface area contributed by atoms with Gasteiger partial charge in [-0.05, 0) is 12.1 Å². The van der Waals surface area contributed by atoms with Crippen molar-refractivity contribution >= 4 is 16.8 Å². The quantitative estimate of drug-likeness (QED) is 0.447. The summed E-state index contributed by atoms with van der Waals surface area (Å²) in [6.07, 6.45) is 1.76. The summed E-state index contributed by atoms with van der Waals surface area (Å²) in [5.74, 6) is -0.111. The van der Waals surface area contributed by atoms with E-state index in [-0.39, 0.29) is 11.5 Å². The van der Waals surface area contributed by atoms with E-state index in [1.54, 1.807) is 12.1 Å². The van der Waals surface area contributed by atoms with Crippen LogP contribution < -0.4 is 0 Å². The maximum atomic E-state index is 11.3. The Morgan fingerprint density at radius 2 is 2.14 bits per heavy atom. The standard InChI is InChI=1S/C11H8O3/c12-6-5-9(13)11-7-8-3-1-2-4-10(8)14-11/h1-7,12H. The van der Waals surface area contributed by atoms with Gasteiger partial charge in [0, 0.05) is 11.5 Å². The minimum Gasteiger partial charge on any atom is -0.515 e. The molecule has 0 aliphatic heterocycles. The van der Waals surface area contributed by atoms with Gasteiger partial charge in [0.25, 0.3) is 0 Å². The summed E-state index contributed by atoms with van der Waals surface area (Å²) < 4.78 is 5.27. The molecule has 0 spiro atoms. The smallest absolute Gasteiger partial charge is 0.224 e. The Morgan fingerprint density at radius 1 is 1.36 bits per heavy atom. The third kappa shape index (κ3) is 1.40. The summed E-state index contributed by atoms with van der Waals surface area (Å²) in [5, 5.41) is 9.31. The Bertz CT molecular complexity index is 461. The molecular weight excluding hydrogens is 180 g/mol. The van der Waals surface area contributed by atoms with Gasteiger partial charge in [0.05, 0.1) is 6.26 Å². The number of carbonyl (C=O) groups excluding carboxylic acids is 1. The van der Waals surface area contributed by atoms with Crippen LogP contribution in [0.25, 0.3) is 11.0 Å². The zero-order chi connectivity index (χ0) is 9.97. The van der Waals surface area contributed by atoms with Crippen LogP contribution in [0.4, 0.5) is 0 Å². The maximum absolute atomic E-state index is 11.3. The van der Waals surface area contributed by atoms with Crippen LogP contribution in [0.5, 0.6) is 0 Å². The third-order valence-electron chi connectivity index (χ3n) is 1.89. The lowest BCUT2D eigenvalue weighted by Crippen LogP contribution is -1.89. The van der Waals surface area contributed by atoms with Crippen molar-refractivity contribution in [3.05, 3.63) is 48.4 Å². The predicted octanol–water partition coefficient (Wildman–Crippen LogP) is 2.69. The molecule has 0 saturated carbocycles. The van der Waals surface area contributed by atoms with Gasteiger partial charge >= 0.3 is 0 Å². The number of fused-ring (bicyclic) bond motifs is 1. The Morgan fingerprint density at radius 3 is 2.86 bits per heavy atom. The van der Waals surface area contributed by atoms with E-state index in [9.17, 15) is 4.79 Å². The zero-order valence-corrected chi connectivity index (χ0v) is 7.31. The predicted molar refractivity (Wildman–Crippen MR) is 52.3 cm³/mol.